The first-order chi connectivity index (χ1) is 9.89. The number of benzene rings is 1. The Morgan fingerprint density at radius 3 is 2.33 bits per heavy atom. The van der Waals surface area contributed by atoms with E-state index in [0.717, 1.165) is 30.5 Å². The number of hydrogen-bond donors (Lipinski definition) is 1. The highest BCUT2D eigenvalue weighted by Crippen LogP contribution is 2.24. The van der Waals surface area contributed by atoms with Crippen LogP contribution in [-0.2, 0) is 16.6 Å². The molecule has 0 radical (unpaired) electrons. The minimum absolute atomic E-state index is 0.0480. The van der Waals surface area contributed by atoms with Gasteiger partial charge in [-0.1, -0.05) is 32.9 Å². The molecule has 21 heavy (non-hydrogen) atoms. The smallest absolute Gasteiger partial charge is 0.243 e. The predicted octanol–water partition coefficient (Wildman–Crippen LogP) is 2.91. The van der Waals surface area contributed by atoms with Gasteiger partial charge in [0.2, 0.25) is 10.0 Å². The molecule has 5 heteroatoms. The van der Waals surface area contributed by atoms with Gasteiger partial charge in [0.25, 0.3) is 0 Å². The molecule has 120 valence electrons. The fraction of sp³-hybridized carbons (Fsp3) is 0.625. The van der Waals surface area contributed by atoms with Crippen LogP contribution in [0.5, 0.6) is 0 Å². The fourth-order valence-electron chi connectivity index (χ4n) is 2.54. The van der Waals surface area contributed by atoms with Crippen LogP contribution in [0.4, 0.5) is 0 Å². The molecule has 0 spiro atoms. The number of nitrogens with zero attached hydrogens (tertiary/aromatic N) is 1. The molecule has 0 unspecified atom stereocenters. The Balaban J connectivity index is 3.19. The van der Waals surface area contributed by atoms with Gasteiger partial charge >= 0.3 is 0 Å². The van der Waals surface area contributed by atoms with Crippen LogP contribution in [0.15, 0.2) is 23.1 Å². The average Bonchev–Trinajstić information content (AvgIpc) is 2.47. The van der Waals surface area contributed by atoms with Gasteiger partial charge < -0.3 is 5.32 Å². The second-order valence-electron chi connectivity index (χ2n) is 5.31. The van der Waals surface area contributed by atoms with Crippen molar-refractivity contribution >= 4 is 10.0 Å². The molecule has 0 amide bonds. The lowest BCUT2D eigenvalue weighted by Crippen LogP contribution is -2.36. The number of nitrogens with one attached hydrogen (secondary N) is 1. The monoisotopic (exact) mass is 312 g/mol. The molecule has 4 nitrogen and oxygen atoms in total. The van der Waals surface area contributed by atoms with Crippen LogP contribution in [0.2, 0.25) is 0 Å². The summed E-state index contributed by atoms with van der Waals surface area (Å²) >= 11 is 0. The summed E-state index contributed by atoms with van der Waals surface area (Å²) in [5, 5.41) is 3.25. The van der Waals surface area contributed by atoms with E-state index in [4.69, 9.17) is 0 Å². The van der Waals surface area contributed by atoms with Gasteiger partial charge in [-0.15, -0.1) is 0 Å². The molecule has 0 bridgehead atoms. The molecule has 0 fully saturated rings. The van der Waals surface area contributed by atoms with Crippen LogP contribution < -0.4 is 5.32 Å². The summed E-state index contributed by atoms with van der Waals surface area (Å²) < 4.78 is 27.2. The quantitative estimate of drug-likeness (QED) is 0.803. The van der Waals surface area contributed by atoms with Crippen LogP contribution >= 0.6 is 0 Å². The summed E-state index contributed by atoms with van der Waals surface area (Å²) in [4.78, 5) is 0.423. The van der Waals surface area contributed by atoms with Gasteiger partial charge in [-0.25, -0.2) is 8.42 Å². The van der Waals surface area contributed by atoms with Crippen LogP contribution in [0, 0.1) is 6.92 Å². The molecule has 0 heterocycles. The van der Waals surface area contributed by atoms with Crippen LogP contribution in [0.3, 0.4) is 0 Å². The van der Waals surface area contributed by atoms with E-state index in [9.17, 15) is 8.42 Å². The second kappa shape index (κ2) is 7.92. The van der Waals surface area contributed by atoms with E-state index >= 15 is 0 Å². The van der Waals surface area contributed by atoms with Gasteiger partial charge in [-0.2, -0.15) is 4.31 Å². The number of hydrogen-bond acceptors (Lipinski definition) is 3. The van der Waals surface area contributed by atoms with E-state index in [1.807, 2.05) is 39.8 Å². The summed E-state index contributed by atoms with van der Waals surface area (Å²) in [7, 11) is -1.75. The van der Waals surface area contributed by atoms with Crippen molar-refractivity contribution < 1.29 is 8.42 Å². The molecular weight excluding hydrogens is 284 g/mol. The van der Waals surface area contributed by atoms with E-state index in [1.54, 1.807) is 13.1 Å². The van der Waals surface area contributed by atoms with Gasteiger partial charge in [0.05, 0.1) is 4.90 Å². The van der Waals surface area contributed by atoms with Gasteiger partial charge in [0, 0.05) is 19.6 Å². The maximum atomic E-state index is 12.8. The molecule has 1 rings (SSSR count). The molecule has 0 aromatic heterocycles. The second-order valence-corrected chi connectivity index (χ2v) is 7.28. The standard InChI is InChI=1S/C16H28N2O2S/c1-6-15(7-2)18(5)21(19,20)16-11-9-10-14(13(16)4)12-17-8-3/h9-11,15,17H,6-8,12H2,1-5H3. The first-order valence-corrected chi connectivity index (χ1v) is 9.11. The Hall–Kier alpha value is -0.910. The molecule has 1 aromatic carbocycles. The zero-order valence-corrected chi connectivity index (χ0v) is 14.6. The topological polar surface area (TPSA) is 49.4 Å². The summed E-state index contributed by atoms with van der Waals surface area (Å²) in [6.07, 6.45) is 1.64. The van der Waals surface area contributed by atoms with E-state index in [2.05, 4.69) is 5.32 Å². The lowest BCUT2D eigenvalue weighted by atomic mass is 10.1. The Bertz CT molecular complexity index is 551. The van der Waals surface area contributed by atoms with Crippen molar-refractivity contribution in [3.8, 4) is 0 Å². The van der Waals surface area contributed by atoms with Crippen LogP contribution in [-0.4, -0.2) is 32.4 Å². The third-order valence-corrected chi connectivity index (χ3v) is 6.13. The summed E-state index contributed by atoms with van der Waals surface area (Å²) in [5.41, 5.74) is 1.88. The Kier molecular flexibility index (Phi) is 6.84. The largest absolute Gasteiger partial charge is 0.313 e. The third kappa shape index (κ3) is 4.05. The van der Waals surface area contributed by atoms with Crippen LogP contribution in [0.25, 0.3) is 0 Å². The lowest BCUT2D eigenvalue weighted by Gasteiger charge is -2.26. The van der Waals surface area contributed by atoms with Gasteiger partial charge in [0.1, 0.15) is 0 Å². The van der Waals surface area contributed by atoms with Gasteiger partial charge in [-0.3, -0.25) is 0 Å². The molecule has 1 aromatic rings. The third-order valence-electron chi connectivity index (χ3n) is 4.08. The predicted molar refractivity (Wildman–Crippen MR) is 87.9 cm³/mol. The molecule has 0 aliphatic heterocycles. The highest BCUT2D eigenvalue weighted by Gasteiger charge is 2.27. The molecule has 0 saturated heterocycles. The molecule has 0 atom stereocenters. The highest BCUT2D eigenvalue weighted by molar-refractivity contribution is 7.89. The first kappa shape index (κ1) is 18.1. The maximum Gasteiger partial charge on any atom is 0.243 e. The van der Waals surface area contributed by atoms with E-state index in [-0.39, 0.29) is 6.04 Å². The van der Waals surface area contributed by atoms with E-state index < -0.39 is 10.0 Å². The summed E-state index contributed by atoms with van der Waals surface area (Å²) in [6, 6.07) is 5.56. The molecular formula is C16H28N2O2S. The van der Waals surface area contributed by atoms with Crippen molar-refractivity contribution in [2.24, 2.45) is 0 Å². The minimum Gasteiger partial charge on any atom is -0.313 e. The van der Waals surface area contributed by atoms with Crippen molar-refractivity contribution in [3.05, 3.63) is 29.3 Å². The van der Waals surface area contributed by atoms with Crippen molar-refractivity contribution in [2.75, 3.05) is 13.6 Å². The minimum atomic E-state index is -3.44. The molecule has 1 N–H and O–H groups in total. The summed E-state index contributed by atoms with van der Waals surface area (Å²) in [6.45, 7) is 9.53. The molecule has 0 aliphatic carbocycles. The Morgan fingerprint density at radius 2 is 1.81 bits per heavy atom. The Labute approximate surface area is 129 Å². The number of sulfonamides is 1. The lowest BCUT2D eigenvalue weighted by molar-refractivity contribution is 0.349. The van der Waals surface area contributed by atoms with Gasteiger partial charge in [-0.05, 0) is 43.5 Å². The molecule has 0 saturated carbocycles. The SMILES string of the molecule is CCNCc1cccc(S(=O)(=O)N(C)C(CC)CC)c1C. The number of rotatable bonds is 8. The van der Waals surface area contributed by atoms with Gasteiger partial charge in [0.15, 0.2) is 0 Å². The van der Waals surface area contributed by atoms with Crippen LogP contribution in [0.1, 0.15) is 44.7 Å². The van der Waals surface area contributed by atoms with Crippen molar-refractivity contribution in [3.63, 3.8) is 0 Å². The average molecular weight is 312 g/mol. The summed E-state index contributed by atoms with van der Waals surface area (Å²) in [5.74, 6) is 0. The van der Waals surface area contributed by atoms with Crippen molar-refractivity contribution in [2.45, 2.75) is 58.0 Å². The van der Waals surface area contributed by atoms with Crippen molar-refractivity contribution in [1.29, 1.82) is 0 Å². The normalized spacial score (nSPS) is 12.3. The Morgan fingerprint density at radius 1 is 1.19 bits per heavy atom. The highest BCUT2D eigenvalue weighted by atomic mass is 32.2. The fourth-order valence-corrected chi connectivity index (χ4v) is 4.31. The zero-order chi connectivity index (χ0) is 16.0. The van der Waals surface area contributed by atoms with E-state index in [1.165, 1.54) is 4.31 Å². The van der Waals surface area contributed by atoms with Crippen molar-refractivity contribution in [1.82, 2.24) is 9.62 Å². The molecule has 0 aliphatic rings. The van der Waals surface area contributed by atoms with E-state index in [0.29, 0.717) is 11.4 Å². The first-order valence-electron chi connectivity index (χ1n) is 7.67. The maximum absolute atomic E-state index is 12.8. The zero-order valence-electron chi connectivity index (χ0n) is 13.8.